The van der Waals surface area contributed by atoms with E-state index in [1.807, 2.05) is 16.9 Å². The number of hydrogen-bond donors (Lipinski definition) is 1. The van der Waals surface area contributed by atoms with Crippen LogP contribution in [0, 0.1) is 0 Å². The van der Waals surface area contributed by atoms with E-state index >= 15 is 0 Å². The lowest BCUT2D eigenvalue weighted by molar-refractivity contribution is 0.101. The zero-order valence-corrected chi connectivity index (χ0v) is 7.81. The lowest BCUT2D eigenvalue weighted by Crippen LogP contribution is -2.23. The van der Waals surface area contributed by atoms with Crippen LogP contribution in [0.3, 0.4) is 0 Å². The average molecular weight is 181 g/mol. The summed E-state index contributed by atoms with van der Waals surface area (Å²) in [6.45, 7) is 3.71. The molecule has 1 saturated heterocycles. The van der Waals surface area contributed by atoms with Gasteiger partial charge in [0.25, 0.3) is 0 Å². The number of aromatic nitrogens is 2. The molecule has 4 heteroatoms. The largest absolute Gasteiger partial charge is 0.370 e. The maximum atomic E-state index is 5.89. The second-order valence-corrected chi connectivity index (χ2v) is 3.34. The first-order valence-electron chi connectivity index (χ1n) is 4.72. The molecule has 72 valence electrons. The SMILES string of the molecule is CCn1ccc([C@H]2OCC[C@@H]2N)n1. The first-order valence-corrected chi connectivity index (χ1v) is 4.72. The van der Waals surface area contributed by atoms with Crippen LogP contribution in [0.2, 0.25) is 0 Å². The highest BCUT2D eigenvalue weighted by Crippen LogP contribution is 2.25. The highest BCUT2D eigenvalue weighted by atomic mass is 16.5. The molecule has 4 nitrogen and oxygen atoms in total. The predicted octanol–water partition coefficient (Wildman–Crippen LogP) is 0.692. The third kappa shape index (κ3) is 1.59. The topological polar surface area (TPSA) is 53.1 Å². The molecule has 13 heavy (non-hydrogen) atoms. The molecule has 2 atom stereocenters. The molecular formula is C9H15N3O. The molecular weight excluding hydrogens is 166 g/mol. The quantitative estimate of drug-likeness (QED) is 0.730. The summed E-state index contributed by atoms with van der Waals surface area (Å²) in [6, 6.07) is 2.10. The van der Waals surface area contributed by atoms with Crippen LogP contribution in [0.5, 0.6) is 0 Å². The predicted molar refractivity (Wildman–Crippen MR) is 49.2 cm³/mol. The minimum absolute atomic E-state index is 0.00722. The van der Waals surface area contributed by atoms with Crippen molar-refractivity contribution < 1.29 is 4.74 Å². The van der Waals surface area contributed by atoms with E-state index in [9.17, 15) is 0 Å². The summed E-state index contributed by atoms with van der Waals surface area (Å²) >= 11 is 0. The summed E-state index contributed by atoms with van der Waals surface area (Å²) in [4.78, 5) is 0. The van der Waals surface area contributed by atoms with Gasteiger partial charge in [-0.05, 0) is 19.4 Å². The number of aryl methyl sites for hydroxylation is 1. The molecule has 1 aliphatic rings. The fourth-order valence-electron chi connectivity index (χ4n) is 1.62. The molecule has 0 amide bonds. The molecule has 1 aromatic heterocycles. The van der Waals surface area contributed by atoms with Crippen LogP contribution >= 0.6 is 0 Å². The number of nitrogens with zero attached hydrogens (tertiary/aromatic N) is 2. The summed E-state index contributed by atoms with van der Waals surface area (Å²) in [6.07, 6.45) is 2.90. The van der Waals surface area contributed by atoms with Crippen molar-refractivity contribution in [3.63, 3.8) is 0 Å². The monoisotopic (exact) mass is 181 g/mol. The number of hydrogen-bond acceptors (Lipinski definition) is 3. The van der Waals surface area contributed by atoms with Crippen LogP contribution in [0.25, 0.3) is 0 Å². The van der Waals surface area contributed by atoms with Crippen molar-refractivity contribution in [3.8, 4) is 0 Å². The van der Waals surface area contributed by atoms with Crippen molar-refractivity contribution in [2.24, 2.45) is 5.73 Å². The molecule has 0 saturated carbocycles. The Bertz CT molecular complexity index is 284. The van der Waals surface area contributed by atoms with Crippen LogP contribution in [-0.4, -0.2) is 22.4 Å². The maximum Gasteiger partial charge on any atom is 0.116 e. The molecule has 0 aliphatic carbocycles. The van der Waals surface area contributed by atoms with Gasteiger partial charge in [-0.25, -0.2) is 0 Å². The van der Waals surface area contributed by atoms with E-state index in [0.717, 1.165) is 25.3 Å². The zero-order valence-electron chi connectivity index (χ0n) is 7.81. The Labute approximate surface area is 77.7 Å². The fraction of sp³-hybridized carbons (Fsp3) is 0.667. The van der Waals surface area contributed by atoms with E-state index in [1.165, 1.54) is 0 Å². The van der Waals surface area contributed by atoms with E-state index in [1.54, 1.807) is 0 Å². The third-order valence-electron chi connectivity index (χ3n) is 2.41. The van der Waals surface area contributed by atoms with Gasteiger partial charge in [-0.15, -0.1) is 0 Å². The van der Waals surface area contributed by atoms with Gasteiger partial charge in [-0.3, -0.25) is 4.68 Å². The fourth-order valence-corrected chi connectivity index (χ4v) is 1.62. The first kappa shape index (κ1) is 8.72. The highest BCUT2D eigenvalue weighted by Gasteiger charge is 2.28. The van der Waals surface area contributed by atoms with Crippen LogP contribution < -0.4 is 5.73 Å². The molecule has 2 heterocycles. The highest BCUT2D eigenvalue weighted by molar-refractivity contribution is 5.07. The van der Waals surface area contributed by atoms with Crippen LogP contribution in [0.1, 0.15) is 25.1 Å². The Balaban J connectivity index is 2.15. The minimum atomic E-state index is 0.00722. The smallest absolute Gasteiger partial charge is 0.116 e. The van der Waals surface area contributed by atoms with Gasteiger partial charge in [0.15, 0.2) is 0 Å². The van der Waals surface area contributed by atoms with E-state index in [-0.39, 0.29) is 12.1 Å². The van der Waals surface area contributed by atoms with Gasteiger partial charge in [-0.2, -0.15) is 5.10 Å². The lowest BCUT2D eigenvalue weighted by atomic mass is 10.1. The molecule has 0 aromatic carbocycles. The van der Waals surface area contributed by atoms with Gasteiger partial charge in [0.05, 0.1) is 5.69 Å². The second-order valence-electron chi connectivity index (χ2n) is 3.34. The van der Waals surface area contributed by atoms with Crippen molar-refractivity contribution in [1.82, 2.24) is 9.78 Å². The van der Waals surface area contributed by atoms with Gasteiger partial charge < -0.3 is 10.5 Å². The standard InChI is InChI=1S/C9H15N3O/c1-2-12-5-3-8(11-12)9-7(10)4-6-13-9/h3,5,7,9H,2,4,6,10H2,1H3/t7-,9-/m0/s1. The maximum absolute atomic E-state index is 5.89. The number of ether oxygens (including phenoxy) is 1. The molecule has 0 spiro atoms. The van der Waals surface area contributed by atoms with E-state index in [4.69, 9.17) is 10.5 Å². The molecule has 1 aliphatic heterocycles. The van der Waals surface area contributed by atoms with Gasteiger partial charge in [0.2, 0.25) is 0 Å². The molecule has 0 unspecified atom stereocenters. The van der Waals surface area contributed by atoms with Gasteiger partial charge >= 0.3 is 0 Å². The average Bonchev–Trinajstić information content (AvgIpc) is 2.71. The minimum Gasteiger partial charge on any atom is -0.370 e. The summed E-state index contributed by atoms with van der Waals surface area (Å²) in [5, 5.41) is 4.37. The molecule has 1 fully saturated rings. The lowest BCUT2D eigenvalue weighted by Gasteiger charge is -2.10. The molecule has 0 radical (unpaired) electrons. The van der Waals surface area contributed by atoms with Gasteiger partial charge in [0.1, 0.15) is 6.10 Å². The van der Waals surface area contributed by atoms with Crippen LogP contribution in [0.15, 0.2) is 12.3 Å². The Hall–Kier alpha value is -0.870. The van der Waals surface area contributed by atoms with Crippen LogP contribution in [0.4, 0.5) is 0 Å². The summed E-state index contributed by atoms with van der Waals surface area (Å²) < 4.78 is 7.40. The molecule has 2 N–H and O–H groups in total. The Morgan fingerprint density at radius 3 is 3.15 bits per heavy atom. The summed E-state index contributed by atoms with van der Waals surface area (Å²) in [7, 11) is 0. The third-order valence-corrected chi connectivity index (χ3v) is 2.41. The van der Waals surface area contributed by atoms with Crippen molar-refractivity contribution in [2.45, 2.75) is 32.0 Å². The Morgan fingerprint density at radius 1 is 1.77 bits per heavy atom. The van der Waals surface area contributed by atoms with Crippen molar-refractivity contribution in [3.05, 3.63) is 18.0 Å². The summed E-state index contributed by atoms with van der Waals surface area (Å²) in [5.41, 5.74) is 6.85. The second kappa shape index (κ2) is 3.47. The van der Waals surface area contributed by atoms with Crippen molar-refractivity contribution in [2.75, 3.05) is 6.61 Å². The zero-order chi connectivity index (χ0) is 9.26. The Kier molecular flexibility index (Phi) is 2.33. The Morgan fingerprint density at radius 2 is 2.62 bits per heavy atom. The van der Waals surface area contributed by atoms with E-state index in [0.29, 0.717) is 0 Å². The summed E-state index contributed by atoms with van der Waals surface area (Å²) in [5.74, 6) is 0. The van der Waals surface area contributed by atoms with Gasteiger partial charge in [0, 0.05) is 25.4 Å². The normalized spacial score (nSPS) is 28.2. The van der Waals surface area contributed by atoms with Crippen LogP contribution in [-0.2, 0) is 11.3 Å². The van der Waals surface area contributed by atoms with E-state index in [2.05, 4.69) is 12.0 Å². The number of rotatable bonds is 2. The molecule has 1 aromatic rings. The van der Waals surface area contributed by atoms with Gasteiger partial charge in [-0.1, -0.05) is 0 Å². The molecule has 0 bridgehead atoms. The van der Waals surface area contributed by atoms with E-state index < -0.39 is 0 Å². The first-order chi connectivity index (χ1) is 6.31. The van der Waals surface area contributed by atoms with Crippen molar-refractivity contribution >= 4 is 0 Å². The van der Waals surface area contributed by atoms with Crippen molar-refractivity contribution in [1.29, 1.82) is 0 Å². The number of nitrogens with two attached hydrogens (primary N) is 1. The molecule has 2 rings (SSSR count).